The number of benzene rings is 5. The molecule has 51 heavy (non-hydrogen) atoms. The lowest BCUT2D eigenvalue weighted by molar-refractivity contribution is -0.157. The van der Waals surface area contributed by atoms with E-state index >= 15 is 13.2 Å². The van der Waals surface area contributed by atoms with Gasteiger partial charge in [-0.05, 0) is 73.2 Å². The fourth-order valence-corrected chi connectivity index (χ4v) is 7.12. The molecule has 0 aliphatic carbocycles. The predicted molar refractivity (Wildman–Crippen MR) is 178 cm³/mol. The largest absolute Gasteiger partial charge is 0.479 e. The van der Waals surface area contributed by atoms with Gasteiger partial charge in [-0.2, -0.15) is 10.5 Å². The molecule has 0 aliphatic heterocycles. The highest BCUT2D eigenvalue weighted by atomic mass is 32.2. The summed E-state index contributed by atoms with van der Waals surface area (Å²) < 4.78 is 88.8. The number of rotatable bonds is 8. The maximum atomic E-state index is 15.6. The van der Waals surface area contributed by atoms with Gasteiger partial charge < -0.3 is 10.2 Å². The normalized spacial score (nSPS) is 13.1. The molecule has 6 aromatic rings. The molecule has 7 nitrogen and oxygen atoms in total. The number of halogens is 5. The molecule has 2 N–H and O–H groups in total. The van der Waals surface area contributed by atoms with Gasteiger partial charge in [0.05, 0.1) is 44.9 Å². The van der Waals surface area contributed by atoms with Crippen molar-refractivity contribution in [3.05, 3.63) is 137 Å². The number of hydrogen-bond donors (Lipinski definition) is 2. The number of nitrogens with zero attached hydrogens (tertiary/aromatic N) is 3. The third-order valence-corrected chi connectivity index (χ3v) is 9.77. The number of fused-ring (bicyclic) bond motifs is 1. The van der Waals surface area contributed by atoms with E-state index in [0.29, 0.717) is 12.1 Å². The van der Waals surface area contributed by atoms with Crippen molar-refractivity contribution in [3.8, 4) is 45.6 Å². The van der Waals surface area contributed by atoms with E-state index in [1.165, 1.54) is 64.6 Å². The Morgan fingerprint density at radius 1 is 0.804 bits per heavy atom. The van der Waals surface area contributed by atoms with Crippen molar-refractivity contribution in [2.75, 3.05) is 0 Å². The SMILES string of the molecule is CC(O)(C(=O)O)c1cc(F)c(-c2cccc(-c3c(-c4c(C#N)cccc4C#N)c4cc(F)ccc4n3S(=O)c3ccc(C(F)F)cc3)c2)c(F)c1. The van der Waals surface area contributed by atoms with Crippen LogP contribution in [0.3, 0.4) is 0 Å². The minimum Gasteiger partial charge on any atom is -0.479 e. The van der Waals surface area contributed by atoms with Crippen molar-refractivity contribution in [1.29, 1.82) is 10.5 Å². The Hall–Kier alpha value is -6.15. The third kappa shape index (κ3) is 6.03. The van der Waals surface area contributed by atoms with Crippen molar-refractivity contribution >= 4 is 27.9 Å². The van der Waals surface area contributed by atoms with Gasteiger partial charge in [-0.25, -0.2) is 31.0 Å². The van der Waals surface area contributed by atoms with E-state index < -0.39 is 57.6 Å². The molecule has 0 aliphatic rings. The molecule has 13 heteroatoms. The first-order valence-corrected chi connectivity index (χ1v) is 16.0. The molecule has 2 atom stereocenters. The molecule has 6 rings (SSSR count). The highest BCUT2D eigenvalue weighted by Crippen LogP contribution is 2.46. The van der Waals surface area contributed by atoms with E-state index in [-0.39, 0.29) is 60.4 Å². The van der Waals surface area contributed by atoms with Crippen molar-refractivity contribution in [2.45, 2.75) is 23.8 Å². The van der Waals surface area contributed by atoms with E-state index in [9.17, 15) is 38.5 Å². The minimum atomic E-state index is -2.80. The standard InChI is InChI=1S/C38H22F5N3O4S/c1-38(49,37(47)48)25-15-29(40)33(30(41)16-25)21-4-2-5-22(14-21)35-34(32-23(18-44)6-3-7-24(32)19-45)28-17-26(39)10-13-31(28)46(35)51(50)27-11-8-20(9-12-27)36(42)43/h2-17,36,49H,1H3,(H,47,48). The van der Waals surface area contributed by atoms with Gasteiger partial charge in [-0.3, -0.25) is 3.97 Å². The van der Waals surface area contributed by atoms with Gasteiger partial charge in [0, 0.05) is 33.2 Å². The molecule has 0 saturated heterocycles. The summed E-state index contributed by atoms with van der Waals surface area (Å²) in [5, 5.41) is 40.0. The molecule has 1 aromatic heterocycles. The van der Waals surface area contributed by atoms with E-state index in [4.69, 9.17) is 0 Å². The number of carboxylic acids is 1. The Kier molecular flexibility index (Phi) is 9.04. The number of nitriles is 2. The van der Waals surface area contributed by atoms with Gasteiger partial charge in [0.1, 0.15) is 17.5 Å². The topological polar surface area (TPSA) is 127 Å². The van der Waals surface area contributed by atoms with Crippen LogP contribution >= 0.6 is 0 Å². The van der Waals surface area contributed by atoms with Crippen LogP contribution in [0.25, 0.3) is 44.4 Å². The second kappa shape index (κ2) is 13.3. The van der Waals surface area contributed by atoms with Crippen LogP contribution in [0.1, 0.15) is 35.6 Å². The maximum Gasteiger partial charge on any atom is 0.340 e. The van der Waals surface area contributed by atoms with Crippen molar-refractivity contribution in [2.24, 2.45) is 0 Å². The minimum absolute atomic E-state index is 0.00000451. The number of carbonyl (C=O) groups is 1. The molecule has 1 heterocycles. The second-order valence-corrected chi connectivity index (χ2v) is 12.9. The zero-order chi connectivity index (χ0) is 36.8. The predicted octanol–water partition coefficient (Wildman–Crippen LogP) is 8.60. The van der Waals surface area contributed by atoms with E-state index in [0.717, 1.165) is 31.2 Å². The zero-order valence-electron chi connectivity index (χ0n) is 26.2. The van der Waals surface area contributed by atoms with Gasteiger partial charge >= 0.3 is 5.97 Å². The second-order valence-electron chi connectivity index (χ2n) is 11.5. The van der Waals surface area contributed by atoms with Crippen molar-refractivity contribution < 1.29 is 41.2 Å². The summed E-state index contributed by atoms with van der Waals surface area (Å²) in [6, 6.07) is 23.5. The Morgan fingerprint density at radius 3 is 1.96 bits per heavy atom. The molecular weight excluding hydrogens is 689 g/mol. The first-order chi connectivity index (χ1) is 24.3. The number of hydrogen-bond acceptors (Lipinski definition) is 5. The maximum absolute atomic E-state index is 15.6. The van der Waals surface area contributed by atoms with Gasteiger partial charge in [0.25, 0.3) is 6.43 Å². The van der Waals surface area contributed by atoms with Crippen LogP contribution in [0.4, 0.5) is 22.0 Å². The molecule has 0 fully saturated rings. The van der Waals surface area contributed by atoms with Crippen LogP contribution in [0.15, 0.2) is 102 Å². The number of aliphatic carboxylic acids is 1. The fourth-order valence-electron chi connectivity index (χ4n) is 5.84. The van der Waals surface area contributed by atoms with Crippen molar-refractivity contribution in [1.82, 2.24) is 3.97 Å². The zero-order valence-corrected chi connectivity index (χ0v) is 27.0. The molecule has 0 bridgehead atoms. The number of carboxylic acid groups (broad SMARTS) is 1. The van der Waals surface area contributed by atoms with Crippen LogP contribution in [0.5, 0.6) is 0 Å². The molecule has 0 amide bonds. The summed E-state index contributed by atoms with van der Waals surface area (Å²) in [7, 11) is -2.26. The number of aliphatic hydroxyl groups is 1. The van der Waals surface area contributed by atoms with E-state index in [1.54, 1.807) is 0 Å². The van der Waals surface area contributed by atoms with Gasteiger partial charge in [0.2, 0.25) is 0 Å². The Labute approximate surface area is 289 Å². The Bertz CT molecular complexity index is 2440. The molecule has 5 aromatic carbocycles. The Morgan fingerprint density at radius 2 is 1.39 bits per heavy atom. The number of aromatic nitrogens is 1. The summed E-state index contributed by atoms with van der Waals surface area (Å²) >= 11 is 0. The van der Waals surface area contributed by atoms with Gasteiger partial charge in [0.15, 0.2) is 16.6 Å². The van der Waals surface area contributed by atoms with Crippen LogP contribution in [0, 0.1) is 40.1 Å². The third-order valence-electron chi connectivity index (χ3n) is 8.39. The molecule has 2 unspecified atom stereocenters. The first kappa shape index (κ1) is 34.7. The smallest absolute Gasteiger partial charge is 0.340 e. The highest BCUT2D eigenvalue weighted by molar-refractivity contribution is 7.83. The monoisotopic (exact) mass is 711 g/mol. The van der Waals surface area contributed by atoms with E-state index in [1.807, 2.05) is 12.1 Å². The lowest BCUT2D eigenvalue weighted by Gasteiger charge is -2.20. The average molecular weight is 712 g/mol. The summed E-state index contributed by atoms with van der Waals surface area (Å²) in [6.45, 7) is 0.864. The van der Waals surface area contributed by atoms with E-state index in [2.05, 4.69) is 0 Å². The lowest BCUT2D eigenvalue weighted by atomic mass is 9.90. The van der Waals surface area contributed by atoms with Crippen LogP contribution in [-0.2, 0) is 21.4 Å². The highest BCUT2D eigenvalue weighted by Gasteiger charge is 2.34. The fraction of sp³-hybridized carbons (Fsp3) is 0.0789. The van der Waals surface area contributed by atoms with Gasteiger partial charge in [-0.15, -0.1) is 0 Å². The molecular formula is C38H22F5N3O4S. The number of alkyl halides is 2. The summed E-state index contributed by atoms with van der Waals surface area (Å²) in [4.78, 5) is 11.6. The lowest BCUT2D eigenvalue weighted by Crippen LogP contribution is -2.32. The first-order valence-electron chi connectivity index (χ1n) is 14.9. The summed E-state index contributed by atoms with van der Waals surface area (Å²) in [5.74, 6) is -4.88. The van der Waals surface area contributed by atoms with Crippen LogP contribution < -0.4 is 0 Å². The Balaban J connectivity index is 1.70. The molecule has 0 radical (unpaired) electrons. The summed E-state index contributed by atoms with van der Waals surface area (Å²) in [6.07, 6.45) is -2.80. The van der Waals surface area contributed by atoms with Crippen LogP contribution in [-0.4, -0.2) is 24.4 Å². The summed E-state index contributed by atoms with van der Waals surface area (Å²) in [5.41, 5.74) is -3.73. The molecule has 254 valence electrons. The average Bonchev–Trinajstić information content (AvgIpc) is 3.44. The molecule has 0 saturated carbocycles. The quantitative estimate of drug-likeness (QED) is 0.152. The van der Waals surface area contributed by atoms with Crippen molar-refractivity contribution in [3.63, 3.8) is 0 Å². The van der Waals surface area contributed by atoms with Gasteiger partial charge in [-0.1, -0.05) is 36.4 Å². The van der Waals surface area contributed by atoms with Crippen LogP contribution in [0.2, 0.25) is 0 Å². The molecule has 0 spiro atoms.